The number of anilines is 2. The van der Waals surface area contributed by atoms with Gasteiger partial charge in [-0.1, -0.05) is 24.6 Å². The molecule has 1 aromatic carbocycles. The van der Waals surface area contributed by atoms with E-state index in [1.54, 1.807) is 0 Å². The topological polar surface area (TPSA) is 35.6 Å². The fraction of sp³-hybridized carbons (Fsp3) is 0.500. The Balaban J connectivity index is 2.21. The fourth-order valence-corrected chi connectivity index (χ4v) is 2.71. The Morgan fingerprint density at radius 1 is 1.32 bits per heavy atom. The van der Waals surface area contributed by atoms with Gasteiger partial charge in [-0.3, -0.25) is 4.79 Å². The second-order valence-electron chi connectivity index (χ2n) is 4.74. The Hall–Kier alpha value is -1.26. The number of halogens is 1. The number of nitrogens with one attached hydrogen (secondary N) is 1. The summed E-state index contributed by atoms with van der Waals surface area (Å²) < 4.78 is 0. The van der Waals surface area contributed by atoms with Gasteiger partial charge in [-0.05, 0) is 18.7 Å². The normalized spacial score (nSPS) is 16.5. The van der Waals surface area contributed by atoms with E-state index >= 15 is 0 Å². The number of nitrogens with zero attached hydrogens (tertiary/aromatic N) is 2. The average molecular weight is 282 g/mol. The van der Waals surface area contributed by atoms with Crippen LogP contribution in [0.2, 0.25) is 5.02 Å². The second-order valence-corrected chi connectivity index (χ2v) is 5.15. The fourth-order valence-electron chi connectivity index (χ4n) is 2.41. The zero-order valence-corrected chi connectivity index (χ0v) is 12.2. The number of carbonyl (C=O) groups excluding carboxylic acids is 1. The summed E-state index contributed by atoms with van der Waals surface area (Å²) >= 11 is 6.31. The highest BCUT2D eigenvalue weighted by Gasteiger charge is 2.20. The predicted octanol–water partition coefficient (Wildman–Crippen LogP) is 2.44. The molecular formula is C14H20ClN3O. The quantitative estimate of drug-likeness (QED) is 0.924. The third-order valence-electron chi connectivity index (χ3n) is 3.43. The van der Waals surface area contributed by atoms with Gasteiger partial charge in [0.2, 0.25) is 5.91 Å². The van der Waals surface area contributed by atoms with Crippen LogP contribution in [0.25, 0.3) is 0 Å². The van der Waals surface area contributed by atoms with Gasteiger partial charge < -0.3 is 15.1 Å². The SMILES string of the molecule is CCN1CCN(c2c(Cl)cccc2NC(C)=O)CC1. The monoisotopic (exact) mass is 281 g/mol. The maximum absolute atomic E-state index is 11.3. The molecule has 1 saturated heterocycles. The zero-order chi connectivity index (χ0) is 13.8. The largest absolute Gasteiger partial charge is 0.366 e. The first-order valence-electron chi connectivity index (χ1n) is 6.65. The van der Waals surface area contributed by atoms with Crippen molar-refractivity contribution in [2.75, 3.05) is 42.9 Å². The molecule has 0 unspecified atom stereocenters. The second kappa shape index (κ2) is 6.26. The summed E-state index contributed by atoms with van der Waals surface area (Å²) in [7, 11) is 0. The molecule has 1 fully saturated rings. The van der Waals surface area contributed by atoms with Gasteiger partial charge in [-0.25, -0.2) is 0 Å². The molecule has 0 bridgehead atoms. The van der Waals surface area contributed by atoms with E-state index in [-0.39, 0.29) is 5.91 Å². The van der Waals surface area contributed by atoms with E-state index in [0.717, 1.165) is 44.1 Å². The summed E-state index contributed by atoms with van der Waals surface area (Å²) in [5.41, 5.74) is 1.74. The van der Waals surface area contributed by atoms with Gasteiger partial charge in [0.25, 0.3) is 0 Å². The van der Waals surface area contributed by atoms with Crippen molar-refractivity contribution < 1.29 is 4.79 Å². The summed E-state index contributed by atoms with van der Waals surface area (Å²) in [5.74, 6) is -0.0734. The lowest BCUT2D eigenvalue weighted by Crippen LogP contribution is -2.46. The molecule has 1 aromatic rings. The van der Waals surface area contributed by atoms with Gasteiger partial charge in [0.05, 0.1) is 16.4 Å². The van der Waals surface area contributed by atoms with E-state index in [1.807, 2.05) is 18.2 Å². The minimum Gasteiger partial charge on any atom is -0.366 e. The molecule has 1 N–H and O–H groups in total. The number of likely N-dealkylation sites (N-methyl/N-ethyl adjacent to an activating group) is 1. The highest BCUT2D eigenvalue weighted by molar-refractivity contribution is 6.34. The van der Waals surface area contributed by atoms with Crippen molar-refractivity contribution in [2.45, 2.75) is 13.8 Å². The zero-order valence-electron chi connectivity index (χ0n) is 11.4. The molecule has 19 heavy (non-hydrogen) atoms. The number of hydrogen-bond donors (Lipinski definition) is 1. The van der Waals surface area contributed by atoms with Crippen LogP contribution in [0.3, 0.4) is 0 Å². The minimum atomic E-state index is -0.0734. The molecule has 0 saturated carbocycles. The summed E-state index contributed by atoms with van der Waals surface area (Å²) in [6.45, 7) is 8.69. The van der Waals surface area contributed by atoms with Gasteiger partial charge in [0.1, 0.15) is 0 Å². The summed E-state index contributed by atoms with van der Waals surface area (Å²) in [5, 5.41) is 3.55. The van der Waals surface area contributed by atoms with Crippen LogP contribution in [0.4, 0.5) is 11.4 Å². The van der Waals surface area contributed by atoms with Crippen molar-refractivity contribution >= 4 is 28.9 Å². The van der Waals surface area contributed by atoms with Crippen molar-refractivity contribution in [3.8, 4) is 0 Å². The maximum atomic E-state index is 11.3. The van der Waals surface area contributed by atoms with Crippen LogP contribution in [0, 0.1) is 0 Å². The van der Waals surface area contributed by atoms with Crippen LogP contribution in [0.1, 0.15) is 13.8 Å². The van der Waals surface area contributed by atoms with Crippen molar-refractivity contribution in [1.29, 1.82) is 0 Å². The number of benzene rings is 1. The number of amides is 1. The minimum absolute atomic E-state index is 0.0734. The van der Waals surface area contributed by atoms with Crippen molar-refractivity contribution in [1.82, 2.24) is 4.90 Å². The highest BCUT2D eigenvalue weighted by atomic mass is 35.5. The van der Waals surface area contributed by atoms with Crippen molar-refractivity contribution in [3.63, 3.8) is 0 Å². The molecule has 1 heterocycles. The van der Waals surface area contributed by atoms with Crippen LogP contribution >= 0.6 is 11.6 Å². The Labute approximate surface area is 119 Å². The number of carbonyl (C=O) groups is 1. The lowest BCUT2D eigenvalue weighted by Gasteiger charge is -2.36. The van der Waals surface area contributed by atoms with E-state index in [4.69, 9.17) is 11.6 Å². The van der Waals surface area contributed by atoms with Crippen LogP contribution in [0.15, 0.2) is 18.2 Å². The Morgan fingerprint density at radius 3 is 2.58 bits per heavy atom. The van der Waals surface area contributed by atoms with Gasteiger partial charge in [-0.15, -0.1) is 0 Å². The lowest BCUT2D eigenvalue weighted by molar-refractivity contribution is -0.114. The molecule has 2 rings (SSSR count). The molecule has 0 atom stereocenters. The summed E-state index contributed by atoms with van der Waals surface area (Å²) in [6, 6.07) is 5.63. The Bertz CT molecular complexity index is 456. The molecule has 5 heteroatoms. The van der Waals surface area contributed by atoms with E-state index in [9.17, 15) is 4.79 Å². The van der Waals surface area contributed by atoms with Gasteiger partial charge in [0.15, 0.2) is 0 Å². The molecule has 4 nitrogen and oxygen atoms in total. The average Bonchev–Trinajstić information content (AvgIpc) is 2.38. The maximum Gasteiger partial charge on any atom is 0.221 e. The molecular weight excluding hydrogens is 262 g/mol. The third kappa shape index (κ3) is 3.39. The van der Waals surface area contributed by atoms with Gasteiger partial charge in [0, 0.05) is 33.1 Å². The number of piperazine rings is 1. The summed E-state index contributed by atoms with van der Waals surface area (Å²) in [6.07, 6.45) is 0. The third-order valence-corrected chi connectivity index (χ3v) is 3.74. The van der Waals surface area contributed by atoms with Crippen LogP contribution in [-0.2, 0) is 4.79 Å². The number of rotatable bonds is 3. The lowest BCUT2D eigenvalue weighted by atomic mass is 10.2. The molecule has 1 aliphatic rings. The standard InChI is InChI=1S/C14H20ClN3O/c1-3-17-7-9-18(10-8-17)14-12(15)5-4-6-13(14)16-11(2)19/h4-6H,3,7-10H2,1-2H3,(H,16,19). The van der Waals surface area contributed by atoms with Gasteiger partial charge in [-0.2, -0.15) is 0 Å². The van der Waals surface area contributed by atoms with Crippen LogP contribution in [0.5, 0.6) is 0 Å². The molecule has 0 spiro atoms. The molecule has 0 aromatic heterocycles. The molecule has 0 radical (unpaired) electrons. The number of para-hydroxylation sites is 1. The number of hydrogen-bond acceptors (Lipinski definition) is 3. The van der Waals surface area contributed by atoms with E-state index < -0.39 is 0 Å². The first-order chi connectivity index (χ1) is 9.11. The Morgan fingerprint density at radius 2 is 2.00 bits per heavy atom. The highest BCUT2D eigenvalue weighted by Crippen LogP contribution is 2.34. The van der Waals surface area contributed by atoms with E-state index in [0.29, 0.717) is 5.02 Å². The van der Waals surface area contributed by atoms with Gasteiger partial charge >= 0.3 is 0 Å². The molecule has 1 aliphatic heterocycles. The Kier molecular flexibility index (Phi) is 4.66. The van der Waals surface area contributed by atoms with Crippen molar-refractivity contribution in [2.24, 2.45) is 0 Å². The van der Waals surface area contributed by atoms with E-state index in [1.165, 1.54) is 6.92 Å². The predicted molar refractivity (Wildman–Crippen MR) is 80.1 cm³/mol. The first kappa shape index (κ1) is 14.2. The molecule has 0 aliphatic carbocycles. The van der Waals surface area contributed by atoms with Crippen LogP contribution in [-0.4, -0.2) is 43.5 Å². The summed E-state index contributed by atoms with van der Waals surface area (Å²) in [4.78, 5) is 15.9. The smallest absolute Gasteiger partial charge is 0.221 e. The van der Waals surface area contributed by atoms with E-state index in [2.05, 4.69) is 22.0 Å². The van der Waals surface area contributed by atoms with Crippen molar-refractivity contribution in [3.05, 3.63) is 23.2 Å². The van der Waals surface area contributed by atoms with Crippen LogP contribution < -0.4 is 10.2 Å². The first-order valence-corrected chi connectivity index (χ1v) is 7.03. The molecule has 1 amide bonds. The molecule has 104 valence electrons.